The average molecular weight is 171 g/mol. The smallest absolute Gasteiger partial charge is 0.0711 e. The van der Waals surface area contributed by atoms with Gasteiger partial charge in [0, 0.05) is 25.6 Å². The van der Waals surface area contributed by atoms with Gasteiger partial charge < -0.3 is 9.84 Å². The maximum absolute atomic E-state index is 9.70. The molecule has 0 amide bonds. The van der Waals surface area contributed by atoms with Crippen molar-refractivity contribution in [3.63, 3.8) is 0 Å². The van der Waals surface area contributed by atoms with Crippen molar-refractivity contribution in [2.75, 3.05) is 26.8 Å². The highest BCUT2D eigenvalue weighted by atomic mass is 16.5. The quantitative estimate of drug-likeness (QED) is 0.639. The van der Waals surface area contributed by atoms with Crippen LogP contribution in [0.25, 0.3) is 0 Å². The number of rotatable bonds is 2. The van der Waals surface area contributed by atoms with Crippen molar-refractivity contribution in [2.24, 2.45) is 5.92 Å². The molecule has 2 rings (SSSR count). The van der Waals surface area contributed by atoms with E-state index >= 15 is 0 Å². The number of methoxy groups -OCH3 is 1. The van der Waals surface area contributed by atoms with Gasteiger partial charge in [-0.25, -0.2) is 0 Å². The Hall–Kier alpha value is -0.120. The largest absolute Gasteiger partial charge is 0.391 e. The van der Waals surface area contributed by atoms with Gasteiger partial charge in [0.1, 0.15) is 0 Å². The molecule has 1 unspecified atom stereocenters. The van der Waals surface area contributed by atoms with E-state index in [0.29, 0.717) is 12.0 Å². The molecule has 2 saturated heterocycles. The van der Waals surface area contributed by atoms with Gasteiger partial charge in [-0.3, -0.25) is 4.90 Å². The van der Waals surface area contributed by atoms with Crippen molar-refractivity contribution in [3.05, 3.63) is 0 Å². The molecule has 1 N–H and O–H groups in total. The summed E-state index contributed by atoms with van der Waals surface area (Å²) in [6.07, 6.45) is 2.04. The summed E-state index contributed by atoms with van der Waals surface area (Å²) in [6, 6.07) is 0.393. The van der Waals surface area contributed by atoms with Crippen molar-refractivity contribution in [1.82, 2.24) is 4.90 Å². The van der Waals surface area contributed by atoms with Crippen LogP contribution in [-0.4, -0.2) is 49.0 Å². The molecule has 0 aromatic heterocycles. The molecular weight excluding hydrogens is 154 g/mol. The maximum atomic E-state index is 9.70. The zero-order valence-electron chi connectivity index (χ0n) is 7.57. The van der Waals surface area contributed by atoms with E-state index in [1.807, 2.05) is 0 Å². The molecule has 0 saturated carbocycles. The highest BCUT2D eigenvalue weighted by molar-refractivity contribution is 4.96. The molecule has 2 heterocycles. The standard InChI is InChI=1S/C9H17NO2/c1-12-6-7-2-4-10-5-3-8(11)9(7)10/h7-9,11H,2-6H2,1H3/t7?,8-,9+/m0/s1. The van der Waals surface area contributed by atoms with Gasteiger partial charge in [0.2, 0.25) is 0 Å². The van der Waals surface area contributed by atoms with Gasteiger partial charge in [-0.2, -0.15) is 0 Å². The molecule has 0 aromatic carbocycles. The minimum atomic E-state index is -0.104. The van der Waals surface area contributed by atoms with Crippen molar-refractivity contribution in [1.29, 1.82) is 0 Å². The second-order valence-corrected chi connectivity index (χ2v) is 3.89. The predicted octanol–water partition coefficient (Wildman–Crippen LogP) is 0.0879. The zero-order valence-corrected chi connectivity index (χ0v) is 7.57. The fourth-order valence-corrected chi connectivity index (χ4v) is 2.63. The molecule has 2 aliphatic heterocycles. The summed E-state index contributed by atoms with van der Waals surface area (Å²) in [4.78, 5) is 2.40. The van der Waals surface area contributed by atoms with Gasteiger partial charge in [-0.15, -0.1) is 0 Å². The summed E-state index contributed by atoms with van der Waals surface area (Å²) in [5.74, 6) is 0.562. The SMILES string of the molecule is COCC1CCN2CC[C@H](O)[C@@H]12. The molecule has 3 nitrogen and oxygen atoms in total. The minimum absolute atomic E-state index is 0.104. The lowest BCUT2D eigenvalue weighted by molar-refractivity contribution is 0.0742. The van der Waals surface area contributed by atoms with E-state index in [1.54, 1.807) is 7.11 Å². The van der Waals surface area contributed by atoms with Crippen molar-refractivity contribution in [2.45, 2.75) is 25.0 Å². The number of hydrogen-bond donors (Lipinski definition) is 1. The average Bonchev–Trinajstić information content (AvgIpc) is 2.58. The van der Waals surface area contributed by atoms with Gasteiger partial charge in [0.15, 0.2) is 0 Å². The molecular formula is C9H17NO2. The van der Waals surface area contributed by atoms with Gasteiger partial charge in [-0.05, 0) is 19.4 Å². The monoisotopic (exact) mass is 171 g/mol. The molecule has 0 aliphatic carbocycles. The maximum Gasteiger partial charge on any atom is 0.0711 e. The summed E-state index contributed by atoms with van der Waals surface area (Å²) in [5, 5.41) is 9.70. The predicted molar refractivity (Wildman–Crippen MR) is 46.0 cm³/mol. The lowest BCUT2D eigenvalue weighted by Gasteiger charge is -2.22. The van der Waals surface area contributed by atoms with Crippen molar-refractivity contribution in [3.8, 4) is 0 Å². The number of ether oxygens (including phenoxy) is 1. The van der Waals surface area contributed by atoms with E-state index in [4.69, 9.17) is 4.74 Å². The second kappa shape index (κ2) is 3.32. The van der Waals surface area contributed by atoms with Crippen LogP contribution in [0.3, 0.4) is 0 Å². The van der Waals surface area contributed by atoms with Gasteiger partial charge >= 0.3 is 0 Å². The summed E-state index contributed by atoms with van der Waals surface area (Å²) >= 11 is 0. The molecule has 70 valence electrons. The Bertz CT molecular complexity index is 161. The van der Waals surface area contributed by atoms with Crippen molar-refractivity contribution < 1.29 is 9.84 Å². The molecule has 2 aliphatic rings. The molecule has 0 bridgehead atoms. The van der Waals surface area contributed by atoms with Crippen LogP contribution in [0.4, 0.5) is 0 Å². The Labute approximate surface area is 73.3 Å². The van der Waals surface area contributed by atoms with E-state index in [1.165, 1.54) is 6.42 Å². The molecule has 0 radical (unpaired) electrons. The Balaban J connectivity index is 1.99. The third-order valence-electron chi connectivity index (χ3n) is 3.18. The topological polar surface area (TPSA) is 32.7 Å². The van der Waals surface area contributed by atoms with Crippen LogP contribution >= 0.6 is 0 Å². The first-order valence-corrected chi connectivity index (χ1v) is 4.74. The summed E-state index contributed by atoms with van der Waals surface area (Å²) < 4.78 is 5.14. The first-order chi connectivity index (χ1) is 5.83. The summed E-state index contributed by atoms with van der Waals surface area (Å²) in [6.45, 7) is 3.03. The van der Waals surface area contributed by atoms with Crippen LogP contribution in [0, 0.1) is 5.92 Å². The Morgan fingerprint density at radius 3 is 2.92 bits per heavy atom. The van der Waals surface area contributed by atoms with E-state index < -0.39 is 0 Å². The fourth-order valence-electron chi connectivity index (χ4n) is 2.63. The van der Waals surface area contributed by atoms with Gasteiger partial charge in [0.25, 0.3) is 0 Å². The van der Waals surface area contributed by atoms with Crippen LogP contribution in [0.5, 0.6) is 0 Å². The number of fused-ring (bicyclic) bond motifs is 1. The number of aliphatic hydroxyl groups is 1. The molecule has 12 heavy (non-hydrogen) atoms. The molecule has 0 spiro atoms. The summed E-state index contributed by atoms with van der Waals surface area (Å²) in [5.41, 5.74) is 0. The Morgan fingerprint density at radius 1 is 1.42 bits per heavy atom. The highest BCUT2D eigenvalue weighted by Gasteiger charge is 2.42. The molecule has 3 atom stereocenters. The van der Waals surface area contributed by atoms with Crippen LogP contribution in [0.15, 0.2) is 0 Å². The van der Waals surface area contributed by atoms with Crippen LogP contribution in [-0.2, 0) is 4.74 Å². The Kier molecular flexibility index (Phi) is 2.35. The van der Waals surface area contributed by atoms with Gasteiger partial charge in [-0.1, -0.05) is 0 Å². The van der Waals surface area contributed by atoms with E-state index in [9.17, 15) is 5.11 Å². The molecule has 2 fully saturated rings. The number of nitrogens with zero attached hydrogens (tertiary/aromatic N) is 1. The van der Waals surface area contributed by atoms with Crippen LogP contribution in [0.2, 0.25) is 0 Å². The first-order valence-electron chi connectivity index (χ1n) is 4.74. The number of aliphatic hydroxyl groups excluding tert-OH is 1. The highest BCUT2D eigenvalue weighted by Crippen LogP contribution is 2.32. The van der Waals surface area contributed by atoms with Crippen LogP contribution < -0.4 is 0 Å². The van der Waals surface area contributed by atoms with Gasteiger partial charge in [0.05, 0.1) is 12.7 Å². The van der Waals surface area contributed by atoms with E-state index in [2.05, 4.69) is 4.90 Å². The molecule has 3 heteroatoms. The first kappa shape index (κ1) is 8.48. The third kappa shape index (κ3) is 1.26. The Morgan fingerprint density at radius 2 is 2.17 bits per heavy atom. The lowest BCUT2D eigenvalue weighted by atomic mass is 9.97. The molecule has 0 aromatic rings. The fraction of sp³-hybridized carbons (Fsp3) is 1.00. The van der Waals surface area contributed by atoms with Crippen LogP contribution in [0.1, 0.15) is 12.8 Å². The summed E-state index contributed by atoms with van der Waals surface area (Å²) in [7, 11) is 1.74. The van der Waals surface area contributed by atoms with E-state index in [0.717, 1.165) is 26.1 Å². The number of hydrogen-bond acceptors (Lipinski definition) is 3. The lowest BCUT2D eigenvalue weighted by Crippen LogP contribution is -2.35. The normalized spacial score (nSPS) is 42.0. The second-order valence-electron chi connectivity index (χ2n) is 3.89. The minimum Gasteiger partial charge on any atom is -0.391 e. The zero-order chi connectivity index (χ0) is 8.55. The van der Waals surface area contributed by atoms with Crippen molar-refractivity contribution >= 4 is 0 Å². The third-order valence-corrected chi connectivity index (χ3v) is 3.18. The van der Waals surface area contributed by atoms with E-state index in [-0.39, 0.29) is 6.10 Å².